The number of aliphatic imine (C=N–C) groups is 1. The SMILES string of the molecule is CN=C(NCCCCC(F)(F)F)N1CCN(c2cccc(OC)c2)CC1.I. The van der Waals surface area contributed by atoms with Crippen LogP contribution in [0.3, 0.4) is 0 Å². The topological polar surface area (TPSA) is 40.1 Å². The van der Waals surface area contributed by atoms with Crippen LogP contribution in [0.25, 0.3) is 0 Å². The molecule has 0 atom stereocenters. The molecule has 0 aliphatic carbocycles. The van der Waals surface area contributed by atoms with Crippen LogP contribution in [0.4, 0.5) is 18.9 Å². The van der Waals surface area contributed by atoms with E-state index in [4.69, 9.17) is 4.74 Å². The highest BCUT2D eigenvalue weighted by molar-refractivity contribution is 14.0. The standard InChI is InChI=1S/C18H27F3N4O.HI/c1-22-17(23-9-4-3-8-18(19,20)21)25-12-10-24(11-13-25)15-6-5-7-16(14-15)26-2;/h5-7,14H,3-4,8-13H2,1-2H3,(H,22,23);1H. The molecule has 0 aromatic heterocycles. The van der Waals surface area contributed by atoms with Crippen molar-refractivity contribution in [2.75, 3.05) is 51.8 Å². The van der Waals surface area contributed by atoms with Crippen LogP contribution in [0.2, 0.25) is 0 Å². The highest BCUT2D eigenvalue weighted by atomic mass is 127. The molecule has 1 aromatic carbocycles. The van der Waals surface area contributed by atoms with Crippen LogP contribution < -0.4 is 15.0 Å². The molecule has 0 unspecified atom stereocenters. The molecule has 9 heteroatoms. The lowest BCUT2D eigenvalue weighted by atomic mass is 10.2. The van der Waals surface area contributed by atoms with Gasteiger partial charge in [0.1, 0.15) is 5.75 Å². The van der Waals surface area contributed by atoms with Crippen molar-refractivity contribution < 1.29 is 17.9 Å². The van der Waals surface area contributed by atoms with Gasteiger partial charge in [-0.05, 0) is 25.0 Å². The van der Waals surface area contributed by atoms with Crippen molar-refractivity contribution in [3.05, 3.63) is 24.3 Å². The second kappa shape index (κ2) is 11.5. The molecule has 27 heavy (non-hydrogen) atoms. The van der Waals surface area contributed by atoms with Crippen molar-refractivity contribution >= 4 is 35.6 Å². The van der Waals surface area contributed by atoms with Gasteiger partial charge < -0.3 is 19.9 Å². The molecule has 0 spiro atoms. The van der Waals surface area contributed by atoms with Crippen LogP contribution in [0.1, 0.15) is 19.3 Å². The molecule has 2 rings (SSSR count). The average Bonchev–Trinajstić information content (AvgIpc) is 2.64. The minimum absolute atomic E-state index is 0. The van der Waals surface area contributed by atoms with Crippen LogP contribution in [-0.2, 0) is 0 Å². The number of hydrogen-bond acceptors (Lipinski definition) is 3. The molecule has 1 fully saturated rings. The fourth-order valence-corrected chi connectivity index (χ4v) is 2.97. The van der Waals surface area contributed by atoms with Crippen LogP contribution in [-0.4, -0.2) is 63.9 Å². The van der Waals surface area contributed by atoms with Gasteiger partial charge in [0, 0.05) is 57.9 Å². The molecule has 0 radical (unpaired) electrons. The third kappa shape index (κ3) is 8.02. The first kappa shape index (κ1) is 23.6. The second-order valence-electron chi connectivity index (χ2n) is 6.22. The fourth-order valence-electron chi connectivity index (χ4n) is 2.97. The third-order valence-electron chi connectivity index (χ3n) is 4.38. The Bertz CT molecular complexity index is 590. The number of benzene rings is 1. The molecular formula is C18H28F3IN4O. The van der Waals surface area contributed by atoms with Gasteiger partial charge in [-0.1, -0.05) is 6.07 Å². The molecule has 5 nitrogen and oxygen atoms in total. The summed E-state index contributed by atoms with van der Waals surface area (Å²) in [5.41, 5.74) is 1.12. The Kier molecular flexibility index (Phi) is 10.0. The summed E-state index contributed by atoms with van der Waals surface area (Å²) in [6.45, 7) is 3.81. The highest BCUT2D eigenvalue weighted by Crippen LogP contribution is 2.23. The maximum absolute atomic E-state index is 12.2. The number of piperazine rings is 1. The zero-order valence-electron chi connectivity index (χ0n) is 15.8. The summed E-state index contributed by atoms with van der Waals surface area (Å²) in [5, 5.41) is 3.17. The molecule has 0 bridgehead atoms. The van der Waals surface area contributed by atoms with E-state index in [0.29, 0.717) is 13.0 Å². The Labute approximate surface area is 176 Å². The van der Waals surface area contributed by atoms with Gasteiger partial charge >= 0.3 is 6.18 Å². The normalized spacial score (nSPS) is 15.4. The maximum atomic E-state index is 12.2. The molecule has 1 heterocycles. The van der Waals surface area contributed by atoms with Crippen molar-refractivity contribution in [1.29, 1.82) is 0 Å². The van der Waals surface area contributed by atoms with E-state index in [9.17, 15) is 13.2 Å². The van der Waals surface area contributed by atoms with E-state index in [1.54, 1.807) is 14.2 Å². The molecule has 0 saturated carbocycles. The quantitative estimate of drug-likeness (QED) is 0.280. The zero-order valence-corrected chi connectivity index (χ0v) is 18.1. The molecule has 0 amide bonds. The van der Waals surface area contributed by atoms with Gasteiger partial charge in [-0.2, -0.15) is 13.2 Å². The second-order valence-corrected chi connectivity index (χ2v) is 6.22. The minimum Gasteiger partial charge on any atom is -0.497 e. The smallest absolute Gasteiger partial charge is 0.389 e. The summed E-state index contributed by atoms with van der Waals surface area (Å²) in [6, 6.07) is 7.97. The van der Waals surface area contributed by atoms with E-state index in [-0.39, 0.29) is 30.4 Å². The number of halogens is 4. The van der Waals surface area contributed by atoms with E-state index in [2.05, 4.69) is 26.2 Å². The lowest BCUT2D eigenvalue weighted by molar-refractivity contribution is -0.135. The first-order chi connectivity index (χ1) is 12.4. The average molecular weight is 500 g/mol. The number of rotatable bonds is 6. The number of ether oxygens (including phenoxy) is 1. The Morgan fingerprint density at radius 1 is 1.19 bits per heavy atom. The van der Waals surface area contributed by atoms with Gasteiger partial charge in [-0.25, -0.2) is 0 Å². The van der Waals surface area contributed by atoms with Gasteiger partial charge in [-0.3, -0.25) is 4.99 Å². The first-order valence-electron chi connectivity index (χ1n) is 8.84. The molecule has 1 saturated heterocycles. The number of methoxy groups -OCH3 is 1. The number of nitrogens with one attached hydrogen (secondary N) is 1. The number of alkyl halides is 3. The van der Waals surface area contributed by atoms with Crippen molar-refractivity contribution in [3.8, 4) is 5.75 Å². The summed E-state index contributed by atoms with van der Waals surface area (Å²) < 4.78 is 41.7. The van der Waals surface area contributed by atoms with Crippen molar-refractivity contribution in [3.63, 3.8) is 0 Å². The highest BCUT2D eigenvalue weighted by Gasteiger charge is 2.26. The van der Waals surface area contributed by atoms with Gasteiger partial charge in [-0.15, -0.1) is 24.0 Å². The number of guanidine groups is 1. The summed E-state index contributed by atoms with van der Waals surface area (Å²) in [6.07, 6.45) is -4.19. The Morgan fingerprint density at radius 3 is 2.48 bits per heavy atom. The van der Waals surface area contributed by atoms with Crippen molar-refractivity contribution in [2.45, 2.75) is 25.4 Å². The van der Waals surface area contributed by atoms with Gasteiger partial charge in [0.05, 0.1) is 7.11 Å². The van der Waals surface area contributed by atoms with Crippen molar-refractivity contribution in [1.82, 2.24) is 10.2 Å². The molecule has 154 valence electrons. The van der Waals surface area contributed by atoms with Gasteiger partial charge in [0.2, 0.25) is 0 Å². The Balaban J connectivity index is 0.00000364. The first-order valence-corrected chi connectivity index (χ1v) is 8.84. The third-order valence-corrected chi connectivity index (χ3v) is 4.38. The van der Waals surface area contributed by atoms with Crippen molar-refractivity contribution in [2.24, 2.45) is 4.99 Å². The number of hydrogen-bond donors (Lipinski definition) is 1. The van der Waals surface area contributed by atoms with E-state index >= 15 is 0 Å². The summed E-state index contributed by atoms with van der Waals surface area (Å²) in [4.78, 5) is 8.68. The zero-order chi connectivity index (χ0) is 19.0. The molecule has 1 N–H and O–H groups in total. The van der Waals surface area contributed by atoms with Crippen LogP contribution in [0.5, 0.6) is 5.75 Å². The predicted octanol–water partition coefficient (Wildman–Crippen LogP) is 3.74. The number of anilines is 1. The Hall–Kier alpha value is -1.39. The number of nitrogens with zero attached hydrogens (tertiary/aromatic N) is 3. The van der Waals surface area contributed by atoms with E-state index < -0.39 is 12.6 Å². The van der Waals surface area contributed by atoms with Crippen LogP contribution in [0, 0.1) is 0 Å². The monoisotopic (exact) mass is 500 g/mol. The molecule has 1 aromatic rings. The van der Waals surface area contributed by atoms with E-state index in [1.165, 1.54) is 0 Å². The Morgan fingerprint density at radius 2 is 1.89 bits per heavy atom. The lowest BCUT2D eigenvalue weighted by Crippen LogP contribution is -2.52. The van der Waals surface area contributed by atoms with Crippen LogP contribution in [0.15, 0.2) is 29.3 Å². The van der Waals surface area contributed by atoms with Gasteiger partial charge in [0.25, 0.3) is 0 Å². The molecule has 1 aliphatic rings. The van der Waals surface area contributed by atoms with Crippen LogP contribution >= 0.6 is 24.0 Å². The largest absolute Gasteiger partial charge is 0.497 e. The lowest BCUT2D eigenvalue weighted by Gasteiger charge is -2.37. The van der Waals surface area contributed by atoms with E-state index in [0.717, 1.165) is 43.6 Å². The maximum Gasteiger partial charge on any atom is 0.389 e. The van der Waals surface area contributed by atoms with E-state index in [1.807, 2.05) is 18.2 Å². The van der Waals surface area contributed by atoms with Gasteiger partial charge in [0.15, 0.2) is 5.96 Å². The number of unbranched alkanes of at least 4 members (excludes halogenated alkanes) is 1. The summed E-state index contributed by atoms with van der Waals surface area (Å²) in [7, 11) is 3.36. The summed E-state index contributed by atoms with van der Waals surface area (Å²) in [5.74, 6) is 1.59. The molecular weight excluding hydrogens is 472 g/mol. The minimum atomic E-state index is -4.07. The predicted molar refractivity (Wildman–Crippen MR) is 113 cm³/mol. The molecule has 1 aliphatic heterocycles. The fraction of sp³-hybridized carbons (Fsp3) is 0.611. The summed E-state index contributed by atoms with van der Waals surface area (Å²) >= 11 is 0.